The molecule has 1 atom stereocenters. The van der Waals surface area contributed by atoms with E-state index in [1.807, 2.05) is 0 Å². The number of aromatic nitrogens is 2. The molecule has 8 nitrogen and oxygen atoms in total. The monoisotopic (exact) mass is 361 g/mol. The first-order chi connectivity index (χ1) is 12.4. The average Bonchev–Trinajstić information content (AvgIpc) is 2.60. The van der Waals surface area contributed by atoms with Crippen LogP contribution < -0.4 is 10.2 Å². The molecular weight excluding hydrogens is 334 g/mol. The van der Waals surface area contributed by atoms with Crippen molar-refractivity contribution in [2.45, 2.75) is 32.8 Å². The van der Waals surface area contributed by atoms with Gasteiger partial charge in [-0.3, -0.25) is 9.59 Å². The van der Waals surface area contributed by atoms with Gasteiger partial charge in [-0.15, -0.1) is 0 Å². The lowest BCUT2D eigenvalue weighted by Crippen LogP contribution is -2.50. The van der Waals surface area contributed by atoms with E-state index in [4.69, 9.17) is 9.72 Å². The molecule has 1 fully saturated rings. The van der Waals surface area contributed by atoms with Gasteiger partial charge < -0.3 is 19.9 Å². The molecule has 0 radical (unpaired) electrons. The average molecular weight is 361 g/mol. The zero-order valence-corrected chi connectivity index (χ0v) is 15.9. The van der Waals surface area contributed by atoms with Crippen molar-refractivity contribution >= 4 is 17.6 Å². The van der Waals surface area contributed by atoms with Crippen LogP contribution in [-0.2, 0) is 22.4 Å². The predicted molar refractivity (Wildman–Crippen MR) is 97.3 cm³/mol. The van der Waals surface area contributed by atoms with Crippen LogP contribution in [0.15, 0.2) is 0 Å². The fraction of sp³-hybridized carbons (Fsp3) is 0.667. The smallest absolute Gasteiger partial charge is 0.270 e. The number of amides is 2. The first-order valence-corrected chi connectivity index (χ1v) is 9.12. The lowest BCUT2D eigenvalue weighted by atomic mass is 10.0. The highest BCUT2D eigenvalue weighted by Gasteiger charge is 2.32. The summed E-state index contributed by atoms with van der Waals surface area (Å²) in [5.41, 5.74) is 1.35. The van der Waals surface area contributed by atoms with E-state index in [0.29, 0.717) is 56.5 Å². The van der Waals surface area contributed by atoms with Crippen molar-refractivity contribution in [1.29, 1.82) is 0 Å². The Balaban J connectivity index is 1.96. The molecule has 0 aliphatic carbocycles. The molecule has 142 valence electrons. The van der Waals surface area contributed by atoms with Gasteiger partial charge in [0.2, 0.25) is 0 Å². The van der Waals surface area contributed by atoms with Gasteiger partial charge in [-0.25, -0.2) is 9.97 Å². The molecule has 2 aliphatic heterocycles. The van der Waals surface area contributed by atoms with Crippen molar-refractivity contribution in [3.8, 4) is 0 Å². The van der Waals surface area contributed by atoms with Gasteiger partial charge in [0, 0.05) is 39.2 Å². The minimum Gasteiger partial charge on any atom is -0.365 e. The molecule has 0 spiro atoms. The highest BCUT2D eigenvalue weighted by molar-refractivity contribution is 5.96. The molecule has 1 aromatic heterocycles. The lowest BCUT2D eigenvalue weighted by molar-refractivity contribution is -0.141. The number of morpholine rings is 1. The fourth-order valence-corrected chi connectivity index (χ4v) is 3.32. The maximum absolute atomic E-state index is 12.3. The van der Waals surface area contributed by atoms with Gasteiger partial charge in [0.1, 0.15) is 17.3 Å². The Bertz CT molecular complexity index is 704. The van der Waals surface area contributed by atoms with Gasteiger partial charge in [-0.05, 0) is 12.3 Å². The second-order valence-corrected chi connectivity index (χ2v) is 7.43. The van der Waals surface area contributed by atoms with Crippen LogP contribution in [0.5, 0.6) is 0 Å². The van der Waals surface area contributed by atoms with Crippen molar-refractivity contribution in [1.82, 2.24) is 20.2 Å². The zero-order chi connectivity index (χ0) is 18.8. The van der Waals surface area contributed by atoms with Gasteiger partial charge >= 0.3 is 0 Å². The van der Waals surface area contributed by atoms with E-state index in [2.05, 4.69) is 29.0 Å². The Morgan fingerprint density at radius 3 is 2.85 bits per heavy atom. The van der Waals surface area contributed by atoms with Crippen molar-refractivity contribution < 1.29 is 14.3 Å². The van der Waals surface area contributed by atoms with E-state index >= 15 is 0 Å². The Kier molecular flexibility index (Phi) is 5.41. The minimum absolute atomic E-state index is 0.0576. The molecule has 0 saturated carbocycles. The van der Waals surface area contributed by atoms with Crippen LogP contribution in [0, 0.1) is 5.92 Å². The maximum Gasteiger partial charge on any atom is 0.270 e. The predicted octanol–water partition coefficient (Wildman–Crippen LogP) is 0.254. The first kappa shape index (κ1) is 18.6. The number of anilines is 1. The molecule has 3 heterocycles. The first-order valence-electron chi connectivity index (χ1n) is 9.12. The lowest BCUT2D eigenvalue weighted by Gasteiger charge is -2.36. The number of carbonyl (C=O) groups is 2. The highest BCUT2D eigenvalue weighted by atomic mass is 16.5. The number of hydrogen-bond acceptors (Lipinski definition) is 6. The summed E-state index contributed by atoms with van der Waals surface area (Å²) in [7, 11) is 3.45. The summed E-state index contributed by atoms with van der Waals surface area (Å²) in [6.45, 7) is 6.31. The Labute approximate surface area is 153 Å². The summed E-state index contributed by atoms with van der Waals surface area (Å²) < 4.78 is 5.66. The number of ether oxygens (including phenoxy) is 1. The number of likely N-dealkylation sites (N-methyl/N-ethyl adjacent to an activating group) is 1. The Morgan fingerprint density at radius 2 is 2.15 bits per heavy atom. The Hall–Kier alpha value is -2.22. The number of hydrogen-bond donors (Lipinski definition) is 1. The van der Waals surface area contributed by atoms with Crippen molar-refractivity contribution in [3.63, 3.8) is 0 Å². The third kappa shape index (κ3) is 3.80. The van der Waals surface area contributed by atoms with Crippen LogP contribution in [0.2, 0.25) is 0 Å². The highest BCUT2D eigenvalue weighted by Crippen LogP contribution is 2.26. The van der Waals surface area contributed by atoms with Crippen molar-refractivity contribution in [2.24, 2.45) is 5.92 Å². The summed E-state index contributed by atoms with van der Waals surface area (Å²) in [6, 6.07) is 0. The second kappa shape index (κ2) is 7.57. The topological polar surface area (TPSA) is 87.7 Å². The van der Waals surface area contributed by atoms with Crippen LogP contribution in [0.3, 0.4) is 0 Å². The largest absolute Gasteiger partial charge is 0.365 e. The number of carbonyl (C=O) groups excluding carboxylic acids is 2. The summed E-state index contributed by atoms with van der Waals surface area (Å²) in [6.07, 6.45) is 0.885. The summed E-state index contributed by atoms with van der Waals surface area (Å²) in [5, 5.41) is 2.86. The van der Waals surface area contributed by atoms with Crippen LogP contribution in [0.4, 0.5) is 5.82 Å². The van der Waals surface area contributed by atoms with Crippen LogP contribution >= 0.6 is 0 Å². The molecule has 0 bridgehead atoms. The molecule has 2 aliphatic rings. The van der Waals surface area contributed by atoms with Gasteiger partial charge in [0.15, 0.2) is 6.10 Å². The van der Waals surface area contributed by atoms with E-state index in [0.717, 1.165) is 11.4 Å². The van der Waals surface area contributed by atoms with Crippen LogP contribution in [0.1, 0.15) is 35.7 Å². The quantitative estimate of drug-likeness (QED) is 0.827. The van der Waals surface area contributed by atoms with E-state index < -0.39 is 6.10 Å². The van der Waals surface area contributed by atoms with E-state index in [1.165, 1.54) is 0 Å². The molecule has 1 N–H and O–H groups in total. The third-order valence-electron chi connectivity index (χ3n) is 4.58. The maximum atomic E-state index is 12.3. The summed E-state index contributed by atoms with van der Waals surface area (Å²) >= 11 is 0. The van der Waals surface area contributed by atoms with Crippen LogP contribution in [0.25, 0.3) is 0 Å². The molecule has 1 unspecified atom stereocenters. The SMILES string of the molecule is CC(C)Cc1nc2c(c(N3CCOC(C(=O)N(C)C)C3)n1)CCNC2=O. The minimum atomic E-state index is -0.518. The number of nitrogens with one attached hydrogen (secondary N) is 1. The van der Waals surface area contributed by atoms with Gasteiger partial charge in [0.05, 0.1) is 13.2 Å². The molecule has 2 amide bonds. The number of nitrogens with zero attached hydrogens (tertiary/aromatic N) is 4. The summed E-state index contributed by atoms with van der Waals surface area (Å²) in [5.74, 6) is 1.64. The van der Waals surface area contributed by atoms with Gasteiger partial charge in [-0.1, -0.05) is 13.8 Å². The molecule has 1 aromatic rings. The number of rotatable bonds is 4. The fourth-order valence-electron chi connectivity index (χ4n) is 3.32. The second-order valence-electron chi connectivity index (χ2n) is 7.43. The van der Waals surface area contributed by atoms with E-state index in [9.17, 15) is 9.59 Å². The number of fused-ring (bicyclic) bond motifs is 1. The zero-order valence-electron chi connectivity index (χ0n) is 15.9. The van der Waals surface area contributed by atoms with E-state index in [-0.39, 0.29) is 11.8 Å². The molecule has 1 saturated heterocycles. The molecule has 8 heteroatoms. The summed E-state index contributed by atoms with van der Waals surface area (Å²) in [4.78, 5) is 37.5. The molecule has 26 heavy (non-hydrogen) atoms. The van der Waals surface area contributed by atoms with E-state index in [1.54, 1.807) is 19.0 Å². The third-order valence-corrected chi connectivity index (χ3v) is 4.58. The molecule has 0 aromatic carbocycles. The Morgan fingerprint density at radius 1 is 1.38 bits per heavy atom. The van der Waals surface area contributed by atoms with Crippen molar-refractivity contribution in [2.75, 3.05) is 45.2 Å². The molecule has 3 rings (SSSR count). The van der Waals surface area contributed by atoms with Crippen molar-refractivity contribution in [3.05, 3.63) is 17.1 Å². The van der Waals surface area contributed by atoms with Gasteiger partial charge in [0.25, 0.3) is 11.8 Å². The molecular formula is C18H27N5O3. The normalized spacial score (nSPS) is 20.0. The standard InChI is InChI=1S/C18H27N5O3/c1-11(2)9-14-20-15-12(5-6-19-17(15)24)16(21-14)23-7-8-26-13(10-23)18(25)22(3)4/h11,13H,5-10H2,1-4H3,(H,19,24). The van der Waals surface area contributed by atoms with Gasteiger partial charge in [-0.2, -0.15) is 0 Å². The van der Waals surface area contributed by atoms with Crippen LogP contribution in [-0.4, -0.2) is 73.1 Å².